The van der Waals surface area contributed by atoms with Crippen LogP contribution in [0.2, 0.25) is 0 Å². The molecule has 0 saturated heterocycles. The summed E-state index contributed by atoms with van der Waals surface area (Å²) < 4.78 is 0. The van der Waals surface area contributed by atoms with Crippen LogP contribution < -0.4 is 5.73 Å². The number of Topliss-reactive ketones (excluding diaryl/α,β-unsaturated/α-hetero) is 2. The van der Waals surface area contributed by atoms with E-state index in [0.717, 1.165) is 12.8 Å². The molecule has 0 aliphatic carbocycles. The normalized spacial score (nSPS) is 9.93. The lowest BCUT2D eigenvalue weighted by molar-refractivity contribution is -0.115. The molecule has 0 radical (unpaired) electrons. The molecule has 0 aliphatic rings. The number of ketones is 2. The van der Waals surface area contributed by atoms with E-state index in [2.05, 4.69) is 0 Å². The maximum absolute atomic E-state index is 11.6. The van der Waals surface area contributed by atoms with Crippen molar-refractivity contribution in [2.45, 2.75) is 26.2 Å². The quantitative estimate of drug-likeness (QED) is 0.455. The lowest BCUT2D eigenvalue weighted by Gasteiger charge is -2.02. The summed E-state index contributed by atoms with van der Waals surface area (Å²) in [6.07, 6.45) is 1.96. The second kappa shape index (κ2) is 5.29. The SMILES string of the molecule is CCCCC(=O)C(=O)c1ccccc1N. The zero-order chi connectivity index (χ0) is 11.3. The lowest BCUT2D eigenvalue weighted by Crippen LogP contribution is -2.15. The molecule has 0 amide bonds. The first-order chi connectivity index (χ1) is 7.16. The Bertz CT molecular complexity index is 372. The van der Waals surface area contributed by atoms with E-state index in [-0.39, 0.29) is 5.78 Å². The summed E-state index contributed by atoms with van der Waals surface area (Å²) in [4.78, 5) is 23.1. The maximum Gasteiger partial charge on any atom is 0.230 e. The van der Waals surface area contributed by atoms with Gasteiger partial charge in [0.05, 0.1) is 0 Å². The summed E-state index contributed by atoms with van der Waals surface area (Å²) in [6.45, 7) is 1.98. The highest BCUT2D eigenvalue weighted by Crippen LogP contribution is 2.13. The number of nitrogens with two attached hydrogens (primary N) is 1. The predicted molar refractivity (Wildman–Crippen MR) is 59.7 cm³/mol. The van der Waals surface area contributed by atoms with Crippen molar-refractivity contribution < 1.29 is 9.59 Å². The van der Waals surface area contributed by atoms with E-state index in [9.17, 15) is 9.59 Å². The smallest absolute Gasteiger partial charge is 0.230 e. The highest BCUT2D eigenvalue weighted by Gasteiger charge is 2.17. The average molecular weight is 205 g/mol. The van der Waals surface area contributed by atoms with Gasteiger partial charge in [0.15, 0.2) is 0 Å². The van der Waals surface area contributed by atoms with Crippen molar-refractivity contribution >= 4 is 17.3 Å². The number of benzene rings is 1. The van der Waals surface area contributed by atoms with Crippen molar-refractivity contribution in [3.05, 3.63) is 29.8 Å². The topological polar surface area (TPSA) is 60.2 Å². The number of carbonyl (C=O) groups is 2. The highest BCUT2D eigenvalue weighted by molar-refractivity contribution is 6.44. The third kappa shape index (κ3) is 2.91. The molecule has 0 aromatic heterocycles. The summed E-state index contributed by atoms with van der Waals surface area (Å²) in [5.41, 5.74) is 6.30. The van der Waals surface area contributed by atoms with Crippen LogP contribution in [-0.4, -0.2) is 11.6 Å². The van der Waals surface area contributed by atoms with Crippen LogP contribution in [0.25, 0.3) is 0 Å². The number of rotatable bonds is 5. The molecule has 0 bridgehead atoms. The first-order valence-corrected chi connectivity index (χ1v) is 5.08. The minimum Gasteiger partial charge on any atom is -0.398 e. The maximum atomic E-state index is 11.6. The van der Waals surface area contributed by atoms with Gasteiger partial charge in [-0.3, -0.25) is 9.59 Å². The molecule has 15 heavy (non-hydrogen) atoms. The van der Waals surface area contributed by atoms with Gasteiger partial charge in [-0.25, -0.2) is 0 Å². The Morgan fingerprint density at radius 3 is 2.53 bits per heavy atom. The fourth-order valence-corrected chi connectivity index (χ4v) is 1.30. The Labute approximate surface area is 89.3 Å². The van der Waals surface area contributed by atoms with Gasteiger partial charge >= 0.3 is 0 Å². The second-order valence-electron chi connectivity index (χ2n) is 3.44. The molecule has 1 rings (SSSR count). The minimum atomic E-state index is -0.471. The molecule has 0 saturated carbocycles. The lowest BCUT2D eigenvalue weighted by atomic mass is 10.0. The Hall–Kier alpha value is -1.64. The molecule has 3 nitrogen and oxygen atoms in total. The molecule has 0 fully saturated rings. The fourth-order valence-electron chi connectivity index (χ4n) is 1.30. The number of nitrogen functional groups attached to an aromatic ring is 1. The van der Waals surface area contributed by atoms with E-state index in [1.54, 1.807) is 24.3 Å². The van der Waals surface area contributed by atoms with Crippen LogP contribution in [0.3, 0.4) is 0 Å². The van der Waals surface area contributed by atoms with Gasteiger partial charge in [-0.1, -0.05) is 25.5 Å². The Kier molecular flexibility index (Phi) is 4.03. The Morgan fingerprint density at radius 2 is 1.93 bits per heavy atom. The Morgan fingerprint density at radius 1 is 1.27 bits per heavy atom. The molecule has 0 unspecified atom stereocenters. The van der Waals surface area contributed by atoms with Crippen LogP contribution in [-0.2, 0) is 4.79 Å². The van der Waals surface area contributed by atoms with Gasteiger partial charge in [0.1, 0.15) is 0 Å². The molecule has 1 aromatic rings. The molecule has 1 aromatic carbocycles. The number of hydrogen-bond acceptors (Lipinski definition) is 3. The van der Waals surface area contributed by atoms with Crippen LogP contribution in [0.4, 0.5) is 5.69 Å². The van der Waals surface area contributed by atoms with Crippen LogP contribution in [0.5, 0.6) is 0 Å². The standard InChI is InChI=1S/C12H15NO2/c1-2-3-8-11(14)12(15)9-6-4-5-7-10(9)13/h4-7H,2-3,8,13H2,1H3. The molecule has 0 aliphatic heterocycles. The Balaban J connectivity index is 2.77. The second-order valence-corrected chi connectivity index (χ2v) is 3.44. The van der Waals surface area contributed by atoms with Crippen LogP contribution >= 0.6 is 0 Å². The van der Waals surface area contributed by atoms with Crippen LogP contribution in [0.1, 0.15) is 36.5 Å². The van der Waals surface area contributed by atoms with E-state index in [1.807, 2.05) is 6.92 Å². The van der Waals surface area contributed by atoms with E-state index in [4.69, 9.17) is 5.73 Å². The van der Waals surface area contributed by atoms with Gasteiger partial charge in [0.25, 0.3) is 0 Å². The largest absolute Gasteiger partial charge is 0.398 e. The summed E-state index contributed by atoms with van der Waals surface area (Å²) >= 11 is 0. The fraction of sp³-hybridized carbons (Fsp3) is 0.333. The summed E-state index contributed by atoms with van der Waals surface area (Å²) in [6, 6.07) is 6.65. The first-order valence-electron chi connectivity index (χ1n) is 5.08. The number of para-hydroxylation sites is 1. The number of carbonyl (C=O) groups excluding carboxylic acids is 2. The van der Waals surface area contributed by atoms with Gasteiger partial charge < -0.3 is 5.73 Å². The van der Waals surface area contributed by atoms with E-state index in [1.165, 1.54) is 0 Å². The molecule has 3 heteroatoms. The first kappa shape index (κ1) is 11.4. The van der Waals surface area contributed by atoms with Crippen molar-refractivity contribution in [3.8, 4) is 0 Å². The van der Waals surface area contributed by atoms with E-state index < -0.39 is 5.78 Å². The van der Waals surface area contributed by atoms with E-state index in [0.29, 0.717) is 17.7 Å². The van der Waals surface area contributed by atoms with Gasteiger partial charge in [-0.05, 0) is 18.6 Å². The molecule has 2 N–H and O–H groups in total. The number of hydrogen-bond donors (Lipinski definition) is 1. The molecular formula is C12H15NO2. The highest BCUT2D eigenvalue weighted by atomic mass is 16.2. The van der Waals surface area contributed by atoms with E-state index >= 15 is 0 Å². The zero-order valence-corrected chi connectivity index (χ0v) is 8.82. The summed E-state index contributed by atoms with van der Waals surface area (Å²) in [5, 5.41) is 0. The molecule has 0 atom stereocenters. The molecule has 80 valence electrons. The summed E-state index contributed by atoms with van der Waals surface area (Å²) in [7, 11) is 0. The van der Waals surface area contributed by atoms with Gasteiger partial charge in [-0.15, -0.1) is 0 Å². The molecule has 0 heterocycles. The van der Waals surface area contributed by atoms with Crippen LogP contribution in [0.15, 0.2) is 24.3 Å². The monoisotopic (exact) mass is 205 g/mol. The van der Waals surface area contributed by atoms with Gasteiger partial charge in [0, 0.05) is 17.7 Å². The van der Waals surface area contributed by atoms with Crippen molar-refractivity contribution in [1.29, 1.82) is 0 Å². The number of anilines is 1. The van der Waals surface area contributed by atoms with Crippen LogP contribution in [0, 0.1) is 0 Å². The average Bonchev–Trinajstić information content (AvgIpc) is 2.25. The number of unbranched alkanes of at least 4 members (excludes halogenated alkanes) is 1. The summed E-state index contributed by atoms with van der Waals surface area (Å²) in [5.74, 6) is -0.823. The third-order valence-electron chi connectivity index (χ3n) is 2.22. The van der Waals surface area contributed by atoms with Crippen molar-refractivity contribution in [1.82, 2.24) is 0 Å². The van der Waals surface area contributed by atoms with Crippen molar-refractivity contribution in [2.24, 2.45) is 0 Å². The molecule has 0 spiro atoms. The minimum absolute atomic E-state index is 0.309. The molecular weight excluding hydrogens is 190 g/mol. The third-order valence-corrected chi connectivity index (χ3v) is 2.22. The van der Waals surface area contributed by atoms with Gasteiger partial charge in [-0.2, -0.15) is 0 Å². The van der Waals surface area contributed by atoms with Crippen molar-refractivity contribution in [2.75, 3.05) is 5.73 Å². The van der Waals surface area contributed by atoms with Gasteiger partial charge in [0.2, 0.25) is 11.6 Å². The van der Waals surface area contributed by atoms with Crippen molar-refractivity contribution in [3.63, 3.8) is 0 Å². The predicted octanol–water partition coefficient (Wildman–Crippen LogP) is 2.21. The zero-order valence-electron chi connectivity index (χ0n) is 8.82.